The number of benzene rings is 1. The van der Waals surface area contributed by atoms with Crippen molar-refractivity contribution in [3.05, 3.63) is 42.4 Å². The summed E-state index contributed by atoms with van der Waals surface area (Å²) in [5, 5.41) is 7.07. The molecule has 2 amide bonds. The molecule has 0 aliphatic carbocycles. The molecule has 3 heterocycles. The minimum absolute atomic E-state index is 0.299. The summed E-state index contributed by atoms with van der Waals surface area (Å²) >= 11 is 0. The molecule has 0 radical (unpaired) electrons. The van der Waals surface area contributed by atoms with E-state index < -0.39 is 0 Å². The fourth-order valence-electron chi connectivity index (χ4n) is 3.72. The smallest absolute Gasteiger partial charge is 0.211 e. The summed E-state index contributed by atoms with van der Waals surface area (Å²) < 4.78 is 1.87. The van der Waals surface area contributed by atoms with E-state index in [0.29, 0.717) is 18.1 Å². The molecule has 0 bridgehead atoms. The van der Waals surface area contributed by atoms with Crippen LogP contribution in [0.5, 0.6) is 0 Å². The maximum Gasteiger partial charge on any atom is 0.211 e. The summed E-state index contributed by atoms with van der Waals surface area (Å²) in [4.78, 5) is 27.5. The van der Waals surface area contributed by atoms with Gasteiger partial charge in [-0.1, -0.05) is 12.1 Å². The molecule has 8 nitrogen and oxygen atoms in total. The first kappa shape index (κ1) is 17.0. The van der Waals surface area contributed by atoms with Gasteiger partial charge in [-0.3, -0.25) is 9.59 Å². The van der Waals surface area contributed by atoms with Crippen LogP contribution in [0.15, 0.2) is 36.7 Å². The molecular formula is C19H20N6O2. The Morgan fingerprint density at radius 1 is 1.15 bits per heavy atom. The van der Waals surface area contributed by atoms with E-state index >= 15 is 0 Å². The van der Waals surface area contributed by atoms with Gasteiger partial charge in [0.15, 0.2) is 5.82 Å². The Labute approximate surface area is 156 Å². The number of carbonyl (C=O) groups excluding carboxylic acids is 2. The van der Waals surface area contributed by atoms with Crippen LogP contribution < -0.4 is 11.1 Å². The van der Waals surface area contributed by atoms with E-state index in [4.69, 9.17) is 5.73 Å². The van der Waals surface area contributed by atoms with Crippen molar-refractivity contribution in [2.45, 2.75) is 18.8 Å². The van der Waals surface area contributed by atoms with E-state index in [1.165, 1.54) is 6.33 Å². The molecule has 1 aromatic carbocycles. The zero-order valence-corrected chi connectivity index (χ0v) is 14.7. The first-order valence-corrected chi connectivity index (χ1v) is 8.83. The van der Waals surface area contributed by atoms with Crippen molar-refractivity contribution in [1.29, 1.82) is 0 Å². The predicted molar refractivity (Wildman–Crippen MR) is 102 cm³/mol. The molecule has 1 aliphatic heterocycles. The molecule has 1 fully saturated rings. The predicted octanol–water partition coefficient (Wildman–Crippen LogP) is 1.88. The third kappa shape index (κ3) is 3.10. The quantitative estimate of drug-likeness (QED) is 0.673. The summed E-state index contributed by atoms with van der Waals surface area (Å²) in [7, 11) is 0. The normalized spacial score (nSPS) is 15.0. The van der Waals surface area contributed by atoms with Crippen LogP contribution in [-0.2, 0) is 9.59 Å². The fraction of sp³-hybridized carbons (Fsp3) is 0.263. The molecule has 2 aromatic heterocycles. The number of rotatable bonds is 5. The zero-order chi connectivity index (χ0) is 18.8. The van der Waals surface area contributed by atoms with Gasteiger partial charge in [-0.05, 0) is 36.6 Å². The third-order valence-electron chi connectivity index (χ3n) is 5.13. The van der Waals surface area contributed by atoms with Crippen LogP contribution in [-0.4, -0.2) is 45.4 Å². The highest BCUT2D eigenvalue weighted by Gasteiger charge is 2.25. The number of piperidine rings is 1. The third-order valence-corrected chi connectivity index (χ3v) is 5.13. The van der Waals surface area contributed by atoms with Crippen LogP contribution in [0.1, 0.15) is 24.5 Å². The molecule has 1 aliphatic rings. The summed E-state index contributed by atoms with van der Waals surface area (Å²) in [6, 6.07) is 9.67. The Balaban J connectivity index is 1.77. The Kier molecular flexibility index (Phi) is 4.45. The SMILES string of the molecule is Nc1ncnn2c(C3CCN(C=O)CC3)cc(-c3ccc(NC=O)cc3)c12. The second-order valence-electron chi connectivity index (χ2n) is 6.64. The number of carbonyl (C=O) groups is 2. The van der Waals surface area contributed by atoms with Crippen LogP contribution in [0, 0.1) is 0 Å². The molecule has 3 N–H and O–H groups in total. The molecule has 8 heteroatoms. The minimum Gasteiger partial charge on any atom is -0.382 e. The monoisotopic (exact) mass is 364 g/mol. The van der Waals surface area contributed by atoms with Gasteiger partial charge in [0.25, 0.3) is 0 Å². The molecule has 0 atom stereocenters. The van der Waals surface area contributed by atoms with Crippen molar-refractivity contribution in [2.24, 2.45) is 0 Å². The molecule has 0 saturated carbocycles. The van der Waals surface area contributed by atoms with Crippen molar-refractivity contribution >= 4 is 29.8 Å². The highest BCUT2D eigenvalue weighted by Crippen LogP contribution is 2.36. The molecule has 4 rings (SSSR count). The number of anilines is 2. The lowest BCUT2D eigenvalue weighted by Crippen LogP contribution is -2.32. The molecule has 138 valence electrons. The summed E-state index contributed by atoms with van der Waals surface area (Å²) in [6.45, 7) is 1.48. The van der Waals surface area contributed by atoms with Crippen molar-refractivity contribution in [3.8, 4) is 11.1 Å². The van der Waals surface area contributed by atoms with Crippen molar-refractivity contribution < 1.29 is 9.59 Å². The van der Waals surface area contributed by atoms with Crippen LogP contribution in [0.3, 0.4) is 0 Å². The lowest BCUT2D eigenvalue weighted by Gasteiger charge is -2.28. The van der Waals surface area contributed by atoms with Gasteiger partial charge in [0.1, 0.15) is 11.8 Å². The van der Waals surface area contributed by atoms with Gasteiger partial charge in [0, 0.05) is 36.0 Å². The molecule has 0 unspecified atom stereocenters. The lowest BCUT2D eigenvalue weighted by molar-refractivity contribution is -0.119. The number of nitrogen functional groups attached to an aromatic ring is 1. The average Bonchev–Trinajstić information content (AvgIpc) is 3.10. The molecule has 1 saturated heterocycles. The maximum atomic E-state index is 11.0. The molecule has 3 aromatic rings. The molecule has 0 spiro atoms. The Morgan fingerprint density at radius 3 is 2.56 bits per heavy atom. The largest absolute Gasteiger partial charge is 0.382 e. The van der Waals surface area contributed by atoms with E-state index in [1.807, 2.05) is 28.8 Å². The van der Waals surface area contributed by atoms with Crippen LogP contribution >= 0.6 is 0 Å². The number of hydrogen-bond acceptors (Lipinski definition) is 5. The minimum atomic E-state index is 0.299. The van der Waals surface area contributed by atoms with Crippen LogP contribution in [0.25, 0.3) is 16.6 Å². The van der Waals surface area contributed by atoms with Crippen molar-refractivity contribution in [1.82, 2.24) is 19.5 Å². The topological polar surface area (TPSA) is 106 Å². The Bertz CT molecular complexity index is 974. The second kappa shape index (κ2) is 7.06. The van der Waals surface area contributed by atoms with E-state index in [1.54, 1.807) is 4.90 Å². The van der Waals surface area contributed by atoms with Gasteiger partial charge in [-0.2, -0.15) is 5.10 Å². The van der Waals surface area contributed by atoms with E-state index in [-0.39, 0.29) is 0 Å². The summed E-state index contributed by atoms with van der Waals surface area (Å²) in [6.07, 6.45) is 4.80. The van der Waals surface area contributed by atoms with Gasteiger partial charge in [0.2, 0.25) is 12.8 Å². The first-order chi connectivity index (χ1) is 13.2. The second-order valence-corrected chi connectivity index (χ2v) is 6.64. The Morgan fingerprint density at radius 2 is 1.89 bits per heavy atom. The first-order valence-electron chi connectivity index (χ1n) is 8.83. The van der Waals surface area contributed by atoms with Crippen molar-refractivity contribution in [3.63, 3.8) is 0 Å². The zero-order valence-electron chi connectivity index (χ0n) is 14.7. The number of aromatic nitrogens is 3. The highest BCUT2D eigenvalue weighted by atomic mass is 16.1. The van der Waals surface area contributed by atoms with Gasteiger partial charge in [0.05, 0.1) is 0 Å². The number of nitrogens with two attached hydrogens (primary N) is 1. The maximum absolute atomic E-state index is 11.0. The number of likely N-dealkylation sites (tertiary alicyclic amines) is 1. The highest BCUT2D eigenvalue weighted by molar-refractivity contribution is 5.89. The fourth-order valence-corrected chi connectivity index (χ4v) is 3.72. The summed E-state index contributed by atoms with van der Waals surface area (Å²) in [5.41, 5.74) is 10.7. The van der Waals surface area contributed by atoms with E-state index in [9.17, 15) is 9.59 Å². The Hall–Kier alpha value is -3.42. The standard InChI is InChI=1S/C19H20N6O2/c20-19-18-16(13-1-3-15(4-2-13)22-11-26)9-17(25(18)23-10-21-19)14-5-7-24(12-27)8-6-14/h1-4,9-12,14H,5-8H2,(H,22,26)(H2,20,21,23). The molecular weight excluding hydrogens is 344 g/mol. The number of nitrogens with one attached hydrogen (secondary N) is 1. The van der Waals surface area contributed by atoms with Gasteiger partial charge >= 0.3 is 0 Å². The van der Waals surface area contributed by atoms with Crippen LogP contribution in [0.2, 0.25) is 0 Å². The van der Waals surface area contributed by atoms with Gasteiger partial charge in [-0.15, -0.1) is 0 Å². The number of amides is 2. The van der Waals surface area contributed by atoms with E-state index in [2.05, 4.69) is 21.5 Å². The van der Waals surface area contributed by atoms with Gasteiger partial charge < -0.3 is 16.0 Å². The lowest BCUT2D eigenvalue weighted by atomic mass is 9.93. The molecule has 27 heavy (non-hydrogen) atoms. The van der Waals surface area contributed by atoms with E-state index in [0.717, 1.165) is 60.4 Å². The average molecular weight is 364 g/mol. The number of fused-ring (bicyclic) bond motifs is 1. The number of nitrogens with zero attached hydrogens (tertiary/aromatic N) is 4. The van der Waals surface area contributed by atoms with Crippen LogP contribution in [0.4, 0.5) is 11.5 Å². The summed E-state index contributed by atoms with van der Waals surface area (Å²) in [5.74, 6) is 0.722. The van der Waals surface area contributed by atoms with Gasteiger partial charge in [-0.25, -0.2) is 9.50 Å². The van der Waals surface area contributed by atoms with Crippen molar-refractivity contribution in [2.75, 3.05) is 24.1 Å². The number of hydrogen-bond donors (Lipinski definition) is 2.